The first-order valence-corrected chi connectivity index (χ1v) is 5.49. The molecule has 0 spiro atoms. The van der Waals surface area contributed by atoms with Gasteiger partial charge in [-0.3, -0.25) is 0 Å². The quantitative estimate of drug-likeness (QED) is 0.911. The first-order chi connectivity index (χ1) is 7.08. The standard InChI is InChI=1S/C11H12BrFN2/c1-3-8(6-14)15-11-5-10(13)9(12)4-7(11)2/h4-5,8,15H,3H2,1-2H3. The third-order valence-electron chi connectivity index (χ3n) is 2.16. The van der Waals surface area contributed by atoms with Gasteiger partial charge in [-0.05, 0) is 47.0 Å². The number of nitriles is 1. The van der Waals surface area contributed by atoms with Crippen molar-refractivity contribution < 1.29 is 4.39 Å². The first kappa shape index (κ1) is 12.0. The summed E-state index contributed by atoms with van der Waals surface area (Å²) in [5.41, 5.74) is 1.58. The molecule has 1 N–H and O–H groups in total. The Morgan fingerprint density at radius 1 is 1.60 bits per heavy atom. The molecule has 0 aliphatic carbocycles. The molecule has 1 atom stereocenters. The van der Waals surface area contributed by atoms with E-state index in [-0.39, 0.29) is 11.9 Å². The third kappa shape index (κ3) is 2.93. The molecule has 0 fully saturated rings. The molecule has 0 saturated carbocycles. The lowest BCUT2D eigenvalue weighted by Gasteiger charge is -2.13. The maximum atomic E-state index is 13.2. The number of benzene rings is 1. The van der Waals surface area contributed by atoms with Gasteiger partial charge in [-0.1, -0.05) is 6.92 Å². The molecule has 0 bridgehead atoms. The van der Waals surface area contributed by atoms with Gasteiger partial charge in [0.1, 0.15) is 11.9 Å². The van der Waals surface area contributed by atoms with Gasteiger partial charge in [0.2, 0.25) is 0 Å². The topological polar surface area (TPSA) is 35.8 Å². The lowest BCUT2D eigenvalue weighted by molar-refractivity contribution is 0.620. The van der Waals surface area contributed by atoms with Crippen LogP contribution in [0, 0.1) is 24.1 Å². The van der Waals surface area contributed by atoms with Crippen LogP contribution >= 0.6 is 15.9 Å². The summed E-state index contributed by atoms with van der Waals surface area (Å²) in [6.07, 6.45) is 0.688. The van der Waals surface area contributed by atoms with Gasteiger partial charge >= 0.3 is 0 Å². The van der Waals surface area contributed by atoms with E-state index in [4.69, 9.17) is 5.26 Å². The average Bonchev–Trinajstić information content (AvgIpc) is 2.21. The van der Waals surface area contributed by atoms with Crippen molar-refractivity contribution in [2.24, 2.45) is 0 Å². The summed E-state index contributed by atoms with van der Waals surface area (Å²) in [7, 11) is 0. The van der Waals surface area contributed by atoms with Crippen molar-refractivity contribution in [3.05, 3.63) is 28.0 Å². The minimum Gasteiger partial charge on any atom is -0.370 e. The SMILES string of the molecule is CCC(C#N)Nc1cc(F)c(Br)cc1C. The Morgan fingerprint density at radius 2 is 2.27 bits per heavy atom. The minimum atomic E-state index is -0.323. The highest BCUT2D eigenvalue weighted by Gasteiger charge is 2.09. The molecule has 1 unspecified atom stereocenters. The summed E-state index contributed by atoms with van der Waals surface area (Å²) in [4.78, 5) is 0. The molecule has 4 heteroatoms. The number of halogens is 2. The molecule has 0 saturated heterocycles. The summed E-state index contributed by atoms with van der Waals surface area (Å²) in [6, 6.07) is 4.94. The highest BCUT2D eigenvalue weighted by Crippen LogP contribution is 2.24. The molecule has 0 aliphatic rings. The van der Waals surface area contributed by atoms with Crippen LogP contribution < -0.4 is 5.32 Å². The van der Waals surface area contributed by atoms with Crippen molar-refractivity contribution in [1.29, 1.82) is 5.26 Å². The monoisotopic (exact) mass is 270 g/mol. The number of hydrogen-bond acceptors (Lipinski definition) is 2. The predicted molar refractivity (Wildman–Crippen MR) is 62.2 cm³/mol. The molecule has 0 radical (unpaired) electrons. The van der Waals surface area contributed by atoms with Crippen molar-refractivity contribution in [2.45, 2.75) is 26.3 Å². The van der Waals surface area contributed by atoms with Crippen LogP contribution in [0.1, 0.15) is 18.9 Å². The number of nitrogens with one attached hydrogen (secondary N) is 1. The Balaban J connectivity index is 2.96. The maximum Gasteiger partial charge on any atom is 0.139 e. The number of aryl methyl sites for hydroxylation is 1. The largest absolute Gasteiger partial charge is 0.370 e. The molecule has 2 nitrogen and oxygen atoms in total. The normalized spacial score (nSPS) is 11.9. The fraction of sp³-hybridized carbons (Fsp3) is 0.364. The molecular weight excluding hydrogens is 259 g/mol. The predicted octanol–water partition coefficient (Wildman–Crippen LogP) is 3.61. The van der Waals surface area contributed by atoms with E-state index >= 15 is 0 Å². The zero-order valence-electron chi connectivity index (χ0n) is 8.64. The zero-order chi connectivity index (χ0) is 11.4. The summed E-state index contributed by atoms with van der Waals surface area (Å²) < 4.78 is 13.7. The Kier molecular flexibility index (Phi) is 4.10. The molecule has 0 aliphatic heterocycles. The van der Waals surface area contributed by atoms with Gasteiger partial charge in [-0.15, -0.1) is 0 Å². The van der Waals surface area contributed by atoms with Gasteiger partial charge < -0.3 is 5.32 Å². The van der Waals surface area contributed by atoms with Crippen molar-refractivity contribution in [3.63, 3.8) is 0 Å². The van der Waals surface area contributed by atoms with E-state index in [1.54, 1.807) is 6.07 Å². The van der Waals surface area contributed by atoms with Crippen LogP contribution in [0.5, 0.6) is 0 Å². The number of nitrogens with zero attached hydrogens (tertiary/aromatic N) is 1. The number of rotatable bonds is 3. The third-order valence-corrected chi connectivity index (χ3v) is 2.77. The Morgan fingerprint density at radius 3 is 2.80 bits per heavy atom. The van der Waals surface area contributed by atoms with Gasteiger partial charge in [0.15, 0.2) is 0 Å². The highest BCUT2D eigenvalue weighted by atomic mass is 79.9. The van der Waals surface area contributed by atoms with Gasteiger partial charge in [-0.2, -0.15) is 5.26 Å². The summed E-state index contributed by atoms with van der Waals surface area (Å²) in [5, 5.41) is 11.8. The van der Waals surface area contributed by atoms with Crippen LogP contribution in [0.3, 0.4) is 0 Å². The molecule has 1 aromatic carbocycles. The lowest BCUT2D eigenvalue weighted by Crippen LogP contribution is -2.16. The highest BCUT2D eigenvalue weighted by molar-refractivity contribution is 9.10. The van der Waals surface area contributed by atoms with E-state index in [1.807, 2.05) is 13.8 Å². The van der Waals surface area contributed by atoms with Crippen molar-refractivity contribution >= 4 is 21.6 Å². The Hall–Kier alpha value is -1.08. The average molecular weight is 271 g/mol. The van der Waals surface area contributed by atoms with Crippen LogP contribution in [0.2, 0.25) is 0 Å². The summed E-state index contributed by atoms with van der Waals surface area (Å²) in [5.74, 6) is -0.323. The molecule has 0 aromatic heterocycles. The van der Waals surface area contributed by atoms with E-state index in [0.717, 1.165) is 5.56 Å². The Labute approximate surface area is 97.2 Å². The van der Waals surface area contributed by atoms with Crippen LogP contribution in [0.15, 0.2) is 16.6 Å². The van der Waals surface area contributed by atoms with Crippen LogP contribution in [0.25, 0.3) is 0 Å². The van der Waals surface area contributed by atoms with E-state index in [9.17, 15) is 4.39 Å². The van der Waals surface area contributed by atoms with E-state index < -0.39 is 0 Å². The van der Waals surface area contributed by atoms with Crippen LogP contribution in [-0.4, -0.2) is 6.04 Å². The van der Waals surface area contributed by atoms with Gasteiger partial charge in [0.05, 0.1) is 10.5 Å². The summed E-state index contributed by atoms with van der Waals surface area (Å²) >= 11 is 3.11. The van der Waals surface area contributed by atoms with Crippen molar-refractivity contribution in [1.82, 2.24) is 0 Å². The Bertz CT molecular complexity index is 398. The first-order valence-electron chi connectivity index (χ1n) is 4.70. The molecule has 80 valence electrons. The number of anilines is 1. The smallest absolute Gasteiger partial charge is 0.139 e. The van der Waals surface area contributed by atoms with E-state index in [2.05, 4.69) is 27.3 Å². The second-order valence-electron chi connectivity index (χ2n) is 3.32. The lowest BCUT2D eigenvalue weighted by atomic mass is 10.1. The van der Waals surface area contributed by atoms with Gasteiger partial charge in [-0.25, -0.2) is 4.39 Å². The van der Waals surface area contributed by atoms with Crippen molar-refractivity contribution in [2.75, 3.05) is 5.32 Å². The molecule has 1 aromatic rings. The van der Waals surface area contributed by atoms with Crippen LogP contribution in [-0.2, 0) is 0 Å². The second kappa shape index (κ2) is 5.13. The molecule has 0 amide bonds. The summed E-state index contributed by atoms with van der Waals surface area (Å²) in [6.45, 7) is 3.78. The van der Waals surface area contributed by atoms with Crippen molar-refractivity contribution in [3.8, 4) is 6.07 Å². The maximum absolute atomic E-state index is 13.2. The fourth-order valence-electron chi connectivity index (χ4n) is 1.22. The van der Waals surface area contributed by atoms with E-state index in [1.165, 1.54) is 6.07 Å². The zero-order valence-corrected chi connectivity index (χ0v) is 10.2. The van der Waals surface area contributed by atoms with Crippen LogP contribution in [0.4, 0.5) is 10.1 Å². The van der Waals surface area contributed by atoms with Gasteiger partial charge in [0, 0.05) is 5.69 Å². The second-order valence-corrected chi connectivity index (χ2v) is 4.17. The number of hydrogen-bond donors (Lipinski definition) is 1. The molecular formula is C11H12BrFN2. The molecule has 0 heterocycles. The molecule has 15 heavy (non-hydrogen) atoms. The van der Waals surface area contributed by atoms with E-state index in [0.29, 0.717) is 16.6 Å². The van der Waals surface area contributed by atoms with Gasteiger partial charge in [0.25, 0.3) is 0 Å². The molecule has 1 rings (SSSR count). The fourth-order valence-corrected chi connectivity index (χ4v) is 1.67. The minimum absolute atomic E-state index is 0.274.